The Balaban J connectivity index is 2.20. The number of hydrogen-bond acceptors (Lipinski definition) is 3. The van der Waals surface area contributed by atoms with E-state index >= 15 is 0 Å². The Morgan fingerprint density at radius 3 is 2.50 bits per heavy atom. The molecule has 0 heterocycles. The second-order valence-corrected chi connectivity index (χ2v) is 5.29. The Bertz CT molecular complexity index is 619. The standard InChI is InChI=1S/C19H22O3/c1-4-5-13-16-17(20)19(22-3,18(16)21-2)14-9-12-15-10-7-6-8-11-15/h6-8,10-11H,4-5,12-13H2,1-3H3. The topological polar surface area (TPSA) is 35.5 Å². The molecule has 1 aromatic carbocycles. The molecule has 0 radical (unpaired) electrons. The number of unbranched alkanes of at least 4 members (excludes halogenated alkanes) is 1. The molecule has 3 heteroatoms. The lowest BCUT2D eigenvalue weighted by Gasteiger charge is -2.37. The summed E-state index contributed by atoms with van der Waals surface area (Å²) < 4.78 is 10.8. The highest BCUT2D eigenvalue weighted by Crippen LogP contribution is 2.40. The van der Waals surface area contributed by atoms with Crippen molar-refractivity contribution in [1.29, 1.82) is 0 Å². The summed E-state index contributed by atoms with van der Waals surface area (Å²) in [4.78, 5) is 12.5. The van der Waals surface area contributed by atoms with E-state index in [-0.39, 0.29) is 5.78 Å². The molecule has 0 N–H and O–H groups in total. The predicted octanol–water partition coefficient (Wildman–Crippen LogP) is 3.29. The van der Waals surface area contributed by atoms with Crippen molar-refractivity contribution < 1.29 is 14.3 Å². The lowest BCUT2D eigenvalue weighted by molar-refractivity contribution is -0.136. The quantitative estimate of drug-likeness (QED) is 0.756. The summed E-state index contributed by atoms with van der Waals surface area (Å²) in [6, 6.07) is 9.93. The number of ether oxygens (including phenoxy) is 2. The minimum atomic E-state index is -1.20. The summed E-state index contributed by atoms with van der Waals surface area (Å²) in [6.45, 7) is 2.10. The molecule has 2 rings (SSSR count). The highest BCUT2D eigenvalue weighted by Gasteiger charge is 2.55. The Kier molecular flexibility index (Phi) is 5.41. The minimum absolute atomic E-state index is 0.0548. The normalized spacial score (nSPS) is 20.2. The average molecular weight is 298 g/mol. The van der Waals surface area contributed by atoms with Crippen LogP contribution in [0.3, 0.4) is 0 Å². The van der Waals surface area contributed by atoms with Crippen molar-refractivity contribution in [2.45, 2.75) is 38.2 Å². The molecule has 0 aromatic heterocycles. The fraction of sp³-hybridized carbons (Fsp3) is 0.421. The van der Waals surface area contributed by atoms with Gasteiger partial charge in [0.2, 0.25) is 11.4 Å². The number of rotatable bonds is 6. The van der Waals surface area contributed by atoms with E-state index in [0.717, 1.165) is 30.4 Å². The van der Waals surface area contributed by atoms with Gasteiger partial charge in [0.25, 0.3) is 0 Å². The number of methoxy groups -OCH3 is 2. The van der Waals surface area contributed by atoms with E-state index in [1.54, 1.807) is 7.11 Å². The van der Waals surface area contributed by atoms with Gasteiger partial charge in [-0.2, -0.15) is 0 Å². The van der Waals surface area contributed by atoms with E-state index in [4.69, 9.17) is 9.47 Å². The molecule has 0 amide bonds. The first-order chi connectivity index (χ1) is 10.7. The van der Waals surface area contributed by atoms with E-state index in [2.05, 4.69) is 18.8 Å². The number of ketones is 1. The fourth-order valence-electron chi connectivity index (χ4n) is 2.63. The zero-order valence-electron chi connectivity index (χ0n) is 13.4. The Morgan fingerprint density at radius 2 is 1.91 bits per heavy atom. The van der Waals surface area contributed by atoms with Gasteiger partial charge < -0.3 is 9.47 Å². The van der Waals surface area contributed by atoms with Gasteiger partial charge in [-0.3, -0.25) is 4.79 Å². The maximum Gasteiger partial charge on any atom is 0.249 e. The third-order valence-corrected chi connectivity index (χ3v) is 3.88. The molecule has 1 unspecified atom stereocenters. The molecule has 22 heavy (non-hydrogen) atoms. The minimum Gasteiger partial charge on any atom is -0.496 e. The monoisotopic (exact) mass is 298 g/mol. The van der Waals surface area contributed by atoms with Crippen LogP contribution in [0, 0.1) is 11.8 Å². The molecule has 1 aromatic rings. The van der Waals surface area contributed by atoms with Crippen LogP contribution in [0.5, 0.6) is 0 Å². The molecule has 0 saturated carbocycles. The third-order valence-electron chi connectivity index (χ3n) is 3.88. The van der Waals surface area contributed by atoms with E-state index < -0.39 is 5.60 Å². The van der Waals surface area contributed by atoms with E-state index in [1.807, 2.05) is 30.3 Å². The number of benzene rings is 1. The van der Waals surface area contributed by atoms with Gasteiger partial charge >= 0.3 is 0 Å². The first kappa shape index (κ1) is 16.3. The summed E-state index contributed by atoms with van der Waals surface area (Å²) in [7, 11) is 3.07. The molecule has 116 valence electrons. The summed E-state index contributed by atoms with van der Waals surface area (Å²) >= 11 is 0. The summed E-state index contributed by atoms with van der Waals surface area (Å²) in [5.74, 6) is 6.56. The van der Waals surface area contributed by atoms with Gasteiger partial charge in [0.15, 0.2) is 5.76 Å². The summed E-state index contributed by atoms with van der Waals surface area (Å²) in [5, 5.41) is 0. The maximum atomic E-state index is 12.5. The highest BCUT2D eigenvalue weighted by atomic mass is 16.5. The summed E-state index contributed by atoms with van der Waals surface area (Å²) in [6.07, 6.45) is 3.31. The fourth-order valence-corrected chi connectivity index (χ4v) is 2.63. The second-order valence-electron chi connectivity index (χ2n) is 5.29. The predicted molar refractivity (Wildman–Crippen MR) is 86.2 cm³/mol. The number of carbonyl (C=O) groups is 1. The van der Waals surface area contributed by atoms with Crippen molar-refractivity contribution in [3.8, 4) is 11.8 Å². The van der Waals surface area contributed by atoms with Gasteiger partial charge in [-0.1, -0.05) is 55.5 Å². The van der Waals surface area contributed by atoms with Gasteiger partial charge in [-0.05, 0) is 18.4 Å². The van der Waals surface area contributed by atoms with Crippen LogP contribution in [0.1, 0.15) is 31.7 Å². The van der Waals surface area contributed by atoms with Crippen LogP contribution >= 0.6 is 0 Å². The van der Waals surface area contributed by atoms with Crippen molar-refractivity contribution in [2.75, 3.05) is 14.2 Å². The van der Waals surface area contributed by atoms with Gasteiger partial charge in [-0.15, -0.1) is 0 Å². The zero-order chi connectivity index (χ0) is 16.0. The highest BCUT2D eigenvalue weighted by molar-refractivity contribution is 6.14. The Hall–Kier alpha value is -2.05. The maximum absolute atomic E-state index is 12.5. The molecular weight excluding hydrogens is 276 g/mol. The first-order valence-electron chi connectivity index (χ1n) is 7.61. The first-order valence-corrected chi connectivity index (χ1v) is 7.61. The zero-order valence-corrected chi connectivity index (χ0v) is 13.4. The van der Waals surface area contributed by atoms with Crippen LogP contribution in [-0.2, 0) is 20.7 Å². The molecule has 0 saturated heterocycles. The Labute approximate surface area is 132 Å². The van der Waals surface area contributed by atoms with E-state index in [1.165, 1.54) is 7.11 Å². The molecular formula is C19H22O3. The SMILES string of the molecule is CCCCC1=C(OC)C(C#CCc2ccccc2)(OC)C1=O. The largest absolute Gasteiger partial charge is 0.496 e. The lowest BCUT2D eigenvalue weighted by atomic mass is 9.75. The molecule has 1 aliphatic carbocycles. The van der Waals surface area contributed by atoms with E-state index in [9.17, 15) is 4.79 Å². The molecule has 0 fully saturated rings. The van der Waals surface area contributed by atoms with Crippen LogP contribution < -0.4 is 0 Å². The van der Waals surface area contributed by atoms with Gasteiger partial charge in [-0.25, -0.2) is 0 Å². The molecule has 0 aliphatic heterocycles. The van der Waals surface area contributed by atoms with E-state index in [0.29, 0.717) is 12.2 Å². The van der Waals surface area contributed by atoms with Crippen LogP contribution in [0.2, 0.25) is 0 Å². The molecule has 1 aliphatic rings. The van der Waals surface area contributed by atoms with Gasteiger partial charge in [0.05, 0.1) is 7.11 Å². The molecule has 3 nitrogen and oxygen atoms in total. The van der Waals surface area contributed by atoms with Crippen molar-refractivity contribution in [3.63, 3.8) is 0 Å². The van der Waals surface area contributed by atoms with Crippen molar-refractivity contribution in [1.82, 2.24) is 0 Å². The van der Waals surface area contributed by atoms with Gasteiger partial charge in [0.1, 0.15) is 0 Å². The van der Waals surface area contributed by atoms with Crippen molar-refractivity contribution >= 4 is 5.78 Å². The second kappa shape index (κ2) is 7.29. The van der Waals surface area contributed by atoms with Crippen LogP contribution in [0.4, 0.5) is 0 Å². The number of Topliss-reactive ketones (excluding diaryl/α,β-unsaturated/α-hetero) is 1. The molecule has 0 bridgehead atoms. The number of carbonyl (C=O) groups excluding carboxylic acids is 1. The van der Waals surface area contributed by atoms with Crippen LogP contribution in [0.15, 0.2) is 41.7 Å². The van der Waals surface area contributed by atoms with Crippen LogP contribution in [-0.4, -0.2) is 25.6 Å². The number of hydrogen-bond donors (Lipinski definition) is 0. The molecule has 0 spiro atoms. The molecule has 1 atom stereocenters. The third kappa shape index (κ3) is 2.93. The Morgan fingerprint density at radius 1 is 1.18 bits per heavy atom. The van der Waals surface area contributed by atoms with Gasteiger partial charge in [0, 0.05) is 19.1 Å². The van der Waals surface area contributed by atoms with Crippen molar-refractivity contribution in [3.05, 3.63) is 47.2 Å². The van der Waals surface area contributed by atoms with Crippen molar-refractivity contribution in [2.24, 2.45) is 0 Å². The lowest BCUT2D eigenvalue weighted by Crippen LogP contribution is -2.52. The average Bonchev–Trinajstić information content (AvgIpc) is 2.56. The summed E-state index contributed by atoms with van der Waals surface area (Å²) in [5.41, 5.74) is 0.634. The van der Waals surface area contributed by atoms with Crippen LogP contribution in [0.25, 0.3) is 0 Å². The smallest absolute Gasteiger partial charge is 0.249 e.